The molecule has 134 valence electrons. The van der Waals surface area contributed by atoms with Crippen molar-refractivity contribution in [1.29, 1.82) is 0 Å². The third-order valence-electron chi connectivity index (χ3n) is 2.75. The molecule has 0 aromatic heterocycles. The summed E-state index contributed by atoms with van der Waals surface area (Å²) in [5, 5.41) is 5.12. The number of nitrogens with one attached hydrogen (secondary N) is 2. The van der Waals surface area contributed by atoms with E-state index in [-0.39, 0.29) is 18.9 Å². The van der Waals surface area contributed by atoms with Crippen LogP contribution in [-0.2, 0) is 19.1 Å². The quantitative estimate of drug-likeness (QED) is 0.499. The van der Waals surface area contributed by atoms with Crippen LogP contribution in [0.5, 0.6) is 0 Å². The number of carbonyl (C=O) groups excluding carboxylic acids is 3. The van der Waals surface area contributed by atoms with Gasteiger partial charge in [-0.1, -0.05) is 19.8 Å². The first kappa shape index (κ1) is 21.2. The number of ether oxygens (including phenoxy) is 2. The Balaban J connectivity index is 4.54. The van der Waals surface area contributed by atoms with Gasteiger partial charge in [-0.3, -0.25) is 4.79 Å². The standard InChI is InChI=1S/C16H30N2O5/c1-6-8-9-10-17-13(19)11-12(14(20)22-7-2)18-15(21)23-16(3,4)5/h12H,6-11H2,1-5H3,(H,17,19)(H,18,21). The van der Waals surface area contributed by atoms with Gasteiger partial charge in [-0.05, 0) is 34.1 Å². The Labute approximate surface area is 138 Å². The van der Waals surface area contributed by atoms with Crippen molar-refractivity contribution in [2.45, 2.75) is 71.9 Å². The summed E-state index contributed by atoms with van der Waals surface area (Å²) in [6.07, 6.45) is 2.03. The third kappa shape index (κ3) is 11.4. The molecule has 0 rings (SSSR count). The van der Waals surface area contributed by atoms with Crippen molar-refractivity contribution in [3.05, 3.63) is 0 Å². The van der Waals surface area contributed by atoms with Crippen LogP contribution < -0.4 is 10.6 Å². The van der Waals surface area contributed by atoms with Gasteiger partial charge in [-0.15, -0.1) is 0 Å². The van der Waals surface area contributed by atoms with Crippen molar-refractivity contribution >= 4 is 18.0 Å². The average molecular weight is 330 g/mol. The van der Waals surface area contributed by atoms with Crippen LogP contribution in [0.3, 0.4) is 0 Å². The summed E-state index contributed by atoms with van der Waals surface area (Å²) < 4.78 is 9.99. The molecule has 0 saturated heterocycles. The van der Waals surface area contributed by atoms with Crippen molar-refractivity contribution in [3.63, 3.8) is 0 Å². The minimum Gasteiger partial charge on any atom is -0.464 e. The van der Waals surface area contributed by atoms with E-state index < -0.39 is 23.7 Å². The summed E-state index contributed by atoms with van der Waals surface area (Å²) in [4.78, 5) is 35.6. The predicted molar refractivity (Wildman–Crippen MR) is 86.9 cm³/mol. The number of carbonyl (C=O) groups is 3. The molecule has 0 aromatic carbocycles. The summed E-state index contributed by atoms with van der Waals surface area (Å²) in [6, 6.07) is -1.06. The summed E-state index contributed by atoms with van der Waals surface area (Å²) >= 11 is 0. The second-order valence-corrected chi connectivity index (χ2v) is 6.21. The van der Waals surface area contributed by atoms with Crippen LogP contribution in [0.4, 0.5) is 4.79 Å². The molecule has 0 bridgehead atoms. The fourth-order valence-corrected chi connectivity index (χ4v) is 1.75. The largest absolute Gasteiger partial charge is 0.464 e. The molecule has 23 heavy (non-hydrogen) atoms. The van der Waals surface area contributed by atoms with Gasteiger partial charge in [0.15, 0.2) is 0 Å². The second-order valence-electron chi connectivity index (χ2n) is 6.21. The minimum absolute atomic E-state index is 0.170. The zero-order valence-corrected chi connectivity index (χ0v) is 14.9. The molecule has 0 aromatic rings. The lowest BCUT2D eigenvalue weighted by molar-refractivity contribution is -0.147. The molecule has 0 spiro atoms. The highest BCUT2D eigenvalue weighted by Crippen LogP contribution is 2.07. The Hall–Kier alpha value is -1.79. The highest BCUT2D eigenvalue weighted by molar-refractivity contribution is 5.88. The van der Waals surface area contributed by atoms with E-state index in [2.05, 4.69) is 17.6 Å². The first-order valence-corrected chi connectivity index (χ1v) is 8.12. The monoisotopic (exact) mass is 330 g/mol. The average Bonchev–Trinajstić information content (AvgIpc) is 2.41. The predicted octanol–water partition coefficient (Wildman–Crippen LogP) is 2.14. The van der Waals surface area contributed by atoms with Crippen LogP contribution in [0.25, 0.3) is 0 Å². The lowest BCUT2D eigenvalue weighted by atomic mass is 10.2. The molecule has 7 heteroatoms. The van der Waals surface area contributed by atoms with E-state index in [1.807, 2.05) is 0 Å². The van der Waals surface area contributed by atoms with E-state index in [4.69, 9.17) is 9.47 Å². The second kappa shape index (κ2) is 10.9. The van der Waals surface area contributed by atoms with Crippen LogP contribution in [0.15, 0.2) is 0 Å². The number of hydrogen-bond donors (Lipinski definition) is 2. The lowest BCUT2D eigenvalue weighted by Crippen LogP contribution is -2.46. The zero-order chi connectivity index (χ0) is 17.9. The first-order valence-electron chi connectivity index (χ1n) is 8.12. The van der Waals surface area contributed by atoms with Crippen molar-refractivity contribution in [3.8, 4) is 0 Å². The smallest absolute Gasteiger partial charge is 0.408 e. The number of alkyl carbamates (subject to hydrolysis) is 1. The van der Waals surface area contributed by atoms with E-state index in [9.17, 15) is 14.4 Å². The highest BCUT2D eigenvalue weighted by Gasteiger charge is 2.27. The van der Waals surface area contributed by atoms with E-state index in [0.717, 1.165) is 19.3 Å². The molecule has 7 nitrogen and oxygen atoms in total. The van der Waals surface area contributed by atoms with Crippen LogP contribution in [0.1, 0.15) is 60.3 Å². The van der Waals surface area contributed by atoms with Gasteiger partial charge in [-0.2, -0.15) is 0 Å². The van der Waals surface area contributed by atoms with Crippen molar-refractivity contribution in [1.82, 2.24) is 10.6 Å². The van der Waals surface area contributed by atoms with Crippen LogP contribution in [0.2, 0.25) is 0 Å². The molecule has 2 amide bonds. The maximum atomic E-state index is 11.9. The molecule has 0 fully saturated rings. The molecule has 2 N–H and O–H groups in total. The summed E-state index contributed by atoms with van der Waals surface area (Å²) in [6.45, 7) is 9.60. The fourth-order valence-electron chi connectivity index (χ4n) is 1.75. The van der Waals surface area contributed by atoms with Crippen LogP contribution in [-0.4, -0.2) is 42.8 Å². The van der Waals surface area contributed by atoms with Gasteiger partial charge in [0.1, 0.15) is 11.6 Å². The van der Waals surface area contributed by atoms with E-state index in [1.165, 1.54) is 0 Å². The topological polar surface area (TPSA) is 93.7 Å². The highest BCUT2D eigenvalue weighted by atomic mass is 16.6. The molecule has 0 aliphatic heterocycles. The Morgan fingerprint density at radius 3 is 2.26 bits per heavy atom. The molecular weight excluding hydrogens is 300 g/mol. The summed E-state index contributed by atoms with van der Waals surface area (Å²) in [5.74, 6) is -0.961. The lowest BCUT2D eigenvalue weighted by Gasteiger charge is -2.22. The van der Waals surface area contributed by atoms with E-state index in [1.54, 1.807) is 27.7 Å². The number of esters is 1. The van der Waals surface area contributed by atoms with Gasteiger partial charge in [0.2, 0.25) is 5.91 Å². The normalized spacial score (nSPS) is 12.2. The van der Waals surface area contributed by atoms with Gasteiger partial charge in [-0.25, -0.2) is 9.59 Å². The molecule has 0 heterocycles. The van der Waals surface area contributed by atoms with Crippen molar-refractivity contribution < 1.29 is 23.9 Å². The van der Waals surface area contributed by atoms with E-state index in [0.29, 0.717) is 6.54 Å². The molecule has 1 unspecified atom stereocenters. The number of amides is 2. The van der Waals surface area contributed by atoms with Gasteiger partial charge >= 0.3 is 12.1 Å². The molecular formula is C16H30N2O5. The molecule has 0 radical (unpaired) electrons. The summed E-state index contributed by atoms with van der Waals surface area (Å²) in [5.41, 5.74) is -0.689. The fraction of sp³-hybridized carbons (Fsp3) is 0.812. The Morgan fingerprint density at radius 2 is 1.74 bits per heavy atom. The number of rotatable bonds is 9. The number of unbranched alkanes of at least 4 members (excludes halogenated alkanes) is 2. The Bertz CT molecular complexity index is 390. The SMILES string of the molecule is CCCCCNC(=O)CC(NC(=O)OC(C)(C)C)C(=O)OCC. The molecule has 0 aliphatic carbocycles. The van der Waals surface area contributed by atoms with Gasteiger partial charge in [0, 0.05) is 6.54 Å². The first-order chi connectivity index (χ1) is 10.7. The van der Waals surface area contributed by atoms with Crippen LogP contribution in [0, 0.1) is 0 Å². The van der Waals surface area contributed by atoms with Gasteiger partial charge in [0.05, 0.1) is 13.0 Å². The maximum absolute atomic E-state index is 11.9. The van der Waals surface area contributed by atoms with Crippen molar-refractivity contribution in [2.75, 3.05) is 13.2 Å². The minimum atomic E-state index is -1.06. The zero-order valence-electron chi connectivity index (χ0n) is 14.9. The third-order valence-corrected chi connectivity index (χ3v) is 2.75. The molecule has 0 saturated carbocycles. The molecule has 1 atom stereocenters. The van der Waals surface area contributed by atoms with Gasteiger partial charge < -0.3 is 20.1 Å². The van der Waals surface area contributed by atoms with Gasteiger partial charge in [0.25, 0.3) is 0 Å². The van der Waals surface area contributed by atoms with Crippen molar-refractivity contribution in [2.24, 2.45) is 0 Å². The molecule has 0 aliphatic rings. The number of hydrogen-bond acceptors (Lipinski definition) is 5. The van der Waals surface area contributed by atoms with E-state index >= 15 is 0 Å². The Morgan fingerprint density at radius 1 is 1.09 bits per heavy atom. The summed E-state index contributed by atoms with van der Waals surface area (Å²) in [7, 11) is 0. The Kier molecular flexibility index (Phi) is 10.0. The van der Waals surface area contributed by atoms with Crippen LogP contribution >= 0.6 is 0 Å². The maximum Gasteiger partial charge on any atom is 0.408 e.